The number of hydrogen-bond acceptors (Lipinski definition) is 6. The second-order valence-corrected chi connectivity index (χ2v) is 8.79. The minimum absolute atomic E-state index is 0.0946. The highest BCUT2D eigenvalue weighted by atomic mass is 16.3. The number of benzene rings is 4. The molecule has 3 aromatic heterocycles. The Balaban J connectivity index is 1.42. The van der Waals surface area contributed by atoms with Crippen molar-refractivity contribution in [3.05, 3.63) is 109 Å². The smallest absolute Gasteiger partial charge is 0.236 e. The Labute approximate surface area is 216 Å². The van der Waals surface area contributed by atoms with E-state index in [0.717, 1.165) is 44.6 Å². The highest BCUT2D eigenvalue weighted by molar-refractivity contribution is 6.07. The summed E-state index contributed by atoms with van der Waals surface area (Å²) in [5, 5.41) is 20.1. The van der Waals surface area contributed by atoms with Gasteiger partial charge in [0.25, 0.3) is 0 Å². The molecule has 0 unspecified atom stereocenters. The Hall–Kier alpha value is -5.79. The second kappa shape index (κ2) is 8.41. The predicted molar refractivity (Wildman–Crippen MR) is 144 cm³/mol. The van der Waals surface area contributed by atoms with Crippen LogP contribution in [-0.4, -0.2) is 19.5 Å². The van der Waals surface area contributed by atoms with Gasteiger partial charge in [-0.3, -0.25) is 4.57 Å². The van der Waals surface area contributed by atoms with Crippen molar-refractivity contribution in [1.29, 1.82) is 10.5 Å². The fourth-order valence-corrected chi connectivity index (χ4v) is 4.88. The fraction of sp³-hybridized carbons (Fsp3) is 0. The van der Waals surface area contributed by atoms with E-state index in [4.69, 9.17) is 9.40 Å². The minimum atomic E-state index is -0.0946. The Bertz CT molecular complexity index is 2110. The molecule has 0 spiro atoms. The van der Waals surface area contributed by atoms with Crippen LogP contribution in [0, 0.1) is 22.7 Å². The first-order chi connectivity index (χ1) is 18.7. The molecular weight excluding hydrogens is 472 g/mol. The van der Waals surface area contributed by atoms with Gasteiger partial charge in [-0.25, -0.2) is 9.97 Å². The maximum Gasteiger partial charge on any atom is 0.236 e. The van der Waals surface area contributed by atoms with Gasteiger partial charge >= 0.3 is 0 Å². The summed E-state index contributed by atoms with van der Waals surface area (Å²) in [6.07, 6.45) is 0. The van der Waals surface area contributed by atoms with E-state index in [1.165, 1.54) is 0 Å². The number of nitrogens with zero attached hydrogens (tertiary/aromatic N) is 6. The molecule has 0 aliphatic carbocycles. The number of aromatic nitrogens is 4. The van der Waals surface area contributed by atoms with E-state index in [2.05, 4.69) is 50.9 Å². The molecule has 0 saturated heterocycles. The Morgan fingerprint density at radius 3 is 2.32 bits per heavy atom. The second-order valence-electron chi connectivity index (χ2n) is 8.79. The Kier molecular flexibility index (Phi) is 4.75. The van der Waals surface area contributed by atoms with E-state index in [9.17, 15) is 10.5 Å². The van der Waals surface area contributed by atoms with Crippen molar-refractivity contribution in [1.82, 2.24) is 19.5 Å². The molecule has 3 heterocycles. The number of fused-ring (bicyclic) bond motifs is 4. The lowest BCUT2D eigenvalue weighted by molar-refractivity contribution is 0.651. The monoisotopic (exact) mass is 488 g/mol. The zero-order chi connectivity index (χ0) is 25.6. The van der Waals surface area contributed by atoms with Gasteiger partial charge in [-0.1, -0.05) is 60.7 Å². The van der Waals surface area contributed by atoms with Crippen molar-refractivity contribution < 1.29 is 4.42 Å². The summed E-state index contributed by atoms with van der Waals surface area (Å²) < 4.78 is 8.03. The highest BCUT2D eigenvalue weighted by Gasteiger charge is 2.18. The molecule has 0 fully saturated rings. The molecular formula is C31H16N6O. The van der Waals surface area contributed by atoms with Gasteiger partial charge in [0.1, 0.15) is 23.5 Å². The largest absolute Gasteiger partial charge is 0.437 e. The summed E-state index contributed by atoms with van der Waals surface area (Å²) in [7, 11) is 0. The quantitative estimate of drug-likeness (QED) is 0.271. The number of nitriles is 2. The molecule has 0 amide bonds. The van der Waals surface area contributed by atoms with Crippen molar-refractivity contribution in [2.24, 2.45) is 0 Å². The third-order valence-electron chi connectivity index (χ3n) is 6.57. The van der Waals surface area contributed by atoms with Crippen LogP contribution >= 0.6 is 0 Å². The Morgan fingerprint density at radius 1 is 0.684 bits per heavy atom. The van der Waals surface area contributed by atoms with Crippen molar-refractivity contribution in [3.63, 3.8) is 0 Å². The van der Waals surface area contributed by atoms with Crippen LogP contribution in [0.1, 0.15) is 11.5 Å². The average molecular weight is 489 g/mol. The van der Waals surface area contributed by atoms with E-state index >= 15 is 0 Å². The molecule has 7 nitrogen and oxygen atoms in total. The molecule has 7 aromatic rings. The Morgan fingerprint density at radius 2 is 1.47 bits per heavy atom. The van der Waals surface area contributed by atoms with E-state index in [0.29, 0.717) is 11.0 Å². The van der Waals surface area contributed by atoms with Gasteiger partial charge in [0.15, 0.2) is 5.69 Å². The standard InChI is InChI=1S/C31H16N6O/c32-17-25-29-23-16-21(13-14-27(23)38-31(29)36-28(18-33)34-25)20-9-6-10-22(15-20)37-26-12-5-4-11-24(26)35-30(37)19-7-2-1-3-8-19/h1-16H. The van der Waals surface area contributed by atoms with E-state index in [1.54, 1.807) is 0 Å². The molecule has 176 valence electrons. The number of hydrogen-bond donors (Lipinski definition) is 0. The topological polar surface area (TPSA) is 104 Å². The summed E-state index contributed by atoms with van der Waals surface area (Å²) >= 11 is 0. The van der Waals surface area contributed by atoms with Crippen LogP contribution in [0.15, 0.2) is 101 Å². The van der Waals surface area contributed by atoms with Crippen molar-refractivity contribution in [2.45, 2.75) is 0 Å². The van der Waals surface area contributed by atoms with Gasteiger partial charge in [0, 0.05) is 16.6 Å². The maximum atomic E-state index is 9.67. The summed E-state index contributed by atoms with van der Waals surface area (Å²) in [5.74, 6) is 0.771. The highest BCUT2D eigenvalue weighted by Crippen LogP contribution is 2.35. The lowest BCUT2D eigenvalue weighted by Crippen LogP contribution is -1.98. The average Bonchev–Trinajstić information content (AvgIpc) is 3.55. The van der Waals surface area contributed by atoms with Crippen LogP contribution in [0.2, 0.25) is 0 Å². The minimum Gasteiger partial charge on any atom is -0.437 e. The van der Waals surface area contributed by atoms with E-state index in [-0.39, 0.29) is 17.2 Å². The van der Waals surface area contributed by atoms with E-state index < -0.39 is 0 Å². The van der Waals surface area contributed by atoms with Gasteiger partial charge in [-0.15, -0.1) is 0 Å². The van der Waals surface area contributed by atoms with Crippen molar-refractivity contribution in [3.8, 4) is 40.3 Å². The molecule has 0 radical (unpaired) electrons. The molecule has 0 bridgehead atoms. The first kappa shape index (κ1) is 21.5. The van der Waals surface area contributed by atoms with Gasteiger partial charge in [-0.05, 0) is 47.5 Å². The van der Waals surface area contributed by atoms with Gasteiger partial charge in [-0.2, -0.15) is 15.5 Å². The lowest BCUT2D eigenvalue weighted by atomic mass is 10.0. The maximum absolute atomic E-state index is 9.67. The number of furan rings is 1. The number of imidazole rings is 1. The lowest BCUT2D eigenvalue weighted by Gasteiger charge is -2.12. The van der Waals surface area contributed by atoms with Gasteiger partial charge < -0.3 is 4.42 Å². The summed E-state index contributed by atoms with van der Waals surface area (Å²) in [6, 6.07) is 36.3. The van der Waals surface area contributed by atoms with Crippen LogP contribution in [0.3, 0.4) is 0 Å². The summed E-state index contributed by atoms with van der Waals surface area (Å²) in [6.45, 7) is 0. The third-order valence-corrected chi connectivity index (χ3v) is 6.57. The van der Waals surface area contributed by atoms with E-state index in [1.807, 2.05) is 72.8 Å². The van der Waals surface area contributed by atoms with Crippen molar-refractivity contribution >= 4 is 33.1 Å². The number of para-hydroxylation sites is 2. The first-order valence-electron chi connectivity index (χ1n) is 11.9. The molecule has 0 aliphatic rings. The van der Waals surface area contributed by atoms with Gasteiger partial charge in [0.05, 0.1) is 16.4 Å². The van der Waals surface area contributed by atoms with Crippen LogP contribution < -0.4 is 0 Å². The molecule has 7 heteroatoms. The molecule has 0 saturated carbocycles. The number of rotatable bonds is 3. The molecule has 0 atom stereocenters. The SMILES string of the molecule is N#Cc1nc(C#N)c2c(n1)oc1ccc(-c3cccc(-n4c(-c5ccccc5)nc5ccccc54)c3)cc12. The first-order valence-corrected chi connectivity index (χ1v) is 11.9. The summed E-state index contributed by atoms with van der Waals surface area (Å²) in [4.78, 5) is 13.2. The normalized spacial score (nSPS) is 11.1. The zero-order valence-electron chi connectivity index (χ0n) is 19.8. The van der Waals surface area contributed by atoms with Crippen LogP contribution in [0.25, 0.3) is 61.3 Å². The predicted octanol–water partition coefficient (Wildman–Crippen LogP) is 6.79. The third kappa shape index (κ3) is 3.31. The van der Waals surface area contributed by atoms with Crippen molar-refractivity contribution in [2.75, 3.05) is 0 Å². The van der Waals surface area contributed by atoms with Crippen LogP contribution in [0.4, 0.5) is 0 Å². The molecule has 4 aromatic carbocycles. The fourth-order valence-electron chi connectivity index (χ4n) is 4.88. The van der Waals surface area contributed by atoms with Gasteiger partial charge in [0.2, 0.25) is 11.5 Å². The van der Waals surface area contributed by atoms with Crippen LogP contribution in [-0.2, 0) is 0 Å². The molecule has 0 aliphatic heterocycles. The molecule has 0 N–H and O–H groups in total. The zero-order valence-corrected chi connectivity index (χ0v) is 19.8. The molecule has 7 rings (SSSR count). The van der Waals surface area contributed by atoms with Crippen LogP contribution in [0.5, 0.6) is 0 Å². The molecule has 38 heavy (non-hydrogen) atoms. The summed E-state index contributed by atoms with van der Waals surface area (Å²) in [5.41, 5.74) is 6.80.